The summed E-state index contributed by atoms with van der Waals surface area (Å²) in [5.41, 5.74) is 0.983. The fourth-order valence-electron chi connectivity index (χ4n) is 2.47. The average Bonchev–Trinajstić information content (AvgIpc) is 2.84. The zero-order valence-electron chi connectivity index (χ0n) is 12.7. The van der Waals surface area contributed by atoms with Crippen molar-refractivity contribution in [2.45, 2.75) is 19.4 Å². The van der Waals surface area contributed by atoms with Gasteiger partial charge in [0.1, 0.15) is 0 Å². The van der Waals surface area contributed by atoms with Crippen molar-refractivity contribution in [1.29, 1.82) is 0 Å². The molecule has 2 amide bonds. The first kappa shape index (κ1) is 15.6. The van der Waals surface area contributed by atoms with Crippen LogP contribution in [0.2, 0.25) is 0 Å². The Kier molecular flexibility index (Phi) is 4.62. The summed E-state index contributed by atoms with van der Waals surface area (Å²) in [4.78, 5) is 29.2. The van der Waals surface area contributed by atoms with Crippen LogP contribution in [0.4, 0.5) is 0 Å². The van der Waals surface area contributed by atoms with Gasteiger partial charge in [0.05, 0.1) is 0 Å². The van der Waals surface area contributed by atoms with E-state index < -0.39 is 0 Å². The fourth-order valence-corrected chi connectivity index (χ4v) is 3.66. The van der Waals surface area contributed by atoms with E-state index in [0.29, 0.717) is 17.5 Å². The van der Waals surface area contributed by atoms with Gasteiger partial charge in [0.15, 0.2) is 0 Å². The van der Waals surface area contributed by atoms with Gasteiger partial charge in [-0.15, -0.1) is 0 Å². The zero-order valence-corrected chi connectivity index (χ0v) is 14.4. The summed E-state index contributed by atoms with van der Waals surface area (Å²) < 4.78 is 1.22. The second-order valence-electron chi connectivity index (χ2n) is 5.27. The molecule has 0 aliphatic carbocycles. The molecule has 0 N–H and O–H groups in total. The molecule has 2 aromatic carbocycles. The summed E-state index contributed by atoms with van der Waals surface area (Å²) >= 11 is 0.100. The Hall–Kier alpha value is -2.34. The molecule has 0 fully saturated rings. The van der Waals surface area contributed by atoms with Crippen LogP contribution in [0, 0.1) is 10.7 Å². The van der Waals surface area contributed by atoms with E-state index >= 15 is 0 Å². The van der Waals surface area contributed by atoms with Gasteiger partial charge in [-0.1, -0.05) is 0 Å². The molecule has 0 bridgehead atoms. The second kappa shape index (κ2) is 6.83. The summed E-state index contributed by atoms with van der Waals surface area (Å²) in [5, 5.41) is 0. The third-order valence-corrected chi connectivity index (χ3v) is 5.23. The molecule has 3 rings (SSSR count). The van der Waals surface area contributed by atoms with Crippen molar-refractivity contribution in [3.63, 3.8) is 0 Å². The SMILES string of the molecule is CC(CC#C[Se]c1ccccc1)N1C(=O)c2ccccc2C1=O. The molecule has 23 heavy (non-hydrogen) atoms. The third kappa shape index (κ3) is 3.22. The van der Waals surface area contributed by atoms with Crippen molar-refractivity contribution in [2.75, 3.05) is 0 Å². The van der Waals surface area contributed by atoms with Gasteiger partial charge in [0, 0.05) is 0 Å². The number of fused-ring (bicyclic) bond motifs is 1. The Bertz CT molecular complexity index is 770. The third-order valence-electron chi connectivity index (χ3n) is 3.65. The van der Waals surface area contributed by atoms with E-state index in [1.807, 2.05) is 25.1 Å². The molecule has 1 unspecified atom stereocenters. The number of amides is 2. The number of rotatable bonds is 3. The van der Waals surface area contributed by atoms with Crippen LogP contribution in [0.15, 0.2) is 54.6 Å². The van der Waals surface area contributed by atoms with E-state index in [1.54, 1.807) is 24.3 Å². The molecule has 3 nitrogen and oxygen atoms in total. The molecule has 0 saturated heterocycles. The molecule has 1 aliphatic heterocycles. The molecule has 0 aromatic heterocycles. The summed E-state index contributed by atoms with van der Waals surface area (Å²) in [6.07, 6.45) is 0.500. The van der Waals surface area contributed by atoms with Crippen LogP contribution in [0.25, 0.3) is 0 Å². The quantitative estimate of drug-likeness (QED) is 0.473. The summed E-state index contributed by atoms with van der Waals surface area (Å²) in [5.74, 6) is 2.68. The minimum absolute atomic E-state index is 0.100. The summed E-state index contributed by atoms with van der Waals surface area (Å²) in [6, 6.07) is 16.8. The maximum absolute atomic E-state index is 12.4. The van der Waals surface area contributed by atoms with Crippen molar-refractivity contribution in [1.82, 2.24) is 4.90 Å². The Balaban J connectivity index is 1.65. The Morgan fingerprint density at radius 1 is 0.957 bits per heavy atom. The Morgan fingerprint density at radius 3 is 2.13 bits per heavy atom. The average molecular weight is 368 g/mol. The molecule has 4 heteroatoms. The first-order chi connectivity index (χ1) is 11.2. The standard InChI is InChI=1S/C19H15NO2Se/c1-14(8-7-13-23-15-9-3-2-4-10-15)20-18(21)16-11-5-6-12-17(16)19(20)22/h2-6,9-12,14H,8H2,1H3. The van der Waals surface area contributed by atoms with Crippen LogP contribution >= 0.6 is 0 Å². The van der Waals surface area contributed by atoms with Gasteiger partial charge in [-0.2, -0.15) is 0 Å². The van der Waals surface area contributed by atoms with Crippen molar-refractivity contribution >= 4 is 31.2 Å². The van der Waals surface area contributed by atoms with Gasteiger partial charge in [0.2, 0.25) is 0 Å². The number of nitrogens with zero attached hydrogens (tertiary/aromatic N) is 1. The van der Waals surface area contributed by atoms with E-state index in [1.165, 1.54) is 9.36 Å². The molecule has 114 valence electrons. The normalized spacial score (nSPS) is 14.2. The van der Waals surface area contributed by atoms with E-state index in [2.05, 4.69) is 22.9 Å². The van der Waals surface area contributed by atoms with Crippen molar-refractivity contribution in [3.05, 3.63) is 65.7 Å². The van der Waals surface area contributed by atoms with Gasteiger partial charge in [0.25, 0.3) is 0 Å². The minimum atomic E-state index is -0.221. The first-order valence-corrected chi connectivity index (χ1v) is 9.06. The molecule has 2 aromatic rings. The van der Waals surface area contributed by atoms with Crippen LogP contribution < -0.4 is 4.46 Å². The number of hydrogen-bond acceptors (Lipinski definition) is 2. The second-order valence-corrected chi connectivity index (χ2v) is 7.12. The molecule has 0 spiro atoms. The molecule has 1 atom stereocenters. The Labute approximate surface area is 141 Å². The summed E-state index contributed by atoms with van der Waals surface area (Å²) in [7, 11) is 0. The van der Waals surface area contributed by atoms with Crippen LogP contribution in [-0.2, 0) is 0 Å². The van der Waals surface area contributed by atoms with Crippen LogP contribution in [0.5, 0.6) is 0 Å². The van der Waals surface area contributed by atoms with Crippen molar-refractivity contribution in [2.24, 2.45) is 0 Å². The predicted octanol–water partition coefficient (Wildman–Crippen LogP) is 2.05. The molecule has 0 saturated carbocycles. The topological polar surface area (TPSA) is 37.4 Å². The maximum atomic E-state index is 12.4. The number of carbonyl (C=O) groups is 2. The predicted molar refractivity (Wildman–Crippen MR) is 90.6 cm³/mol. The monoisotopic (exact) mass is 369 g/mol. The molecule has 1 aliphatic rings. The van der Waals surface area contributed by atoms with Gasteiger partial charge >= 0.3 is 142 Å². The number of hydrogen-bond donors (Lipinski definition) is 0. The van der Waals surface area contributed by atoms with Crippen LogP contribution in [0.1, 0.15) is 34.1 Å². The number of benzene rings is 2. The van der Waals surface area contributed by atoms with E-state index in [-0.39, 0.29) is 32.8 Å². The van der Waals surface area contributed by atoms with E-state index in [9.17, 15) is 9.59 Å². The van der Waals surface area contributed by atoms with Crippen molar-refractivity contribution in [3.8, 4) is 10.7 Å². The fraction of sp³-hybridized carbons (Fsp3) is 0.158. The molecular formula is C19H15NO2Se. The van der Waals surface area contributed by atoms with Gasteiger partial charge in [-0.25, -0.2) is 0 Å². The first-order valence-electron chi connectivity index (χ1n) is 7.35. The summed E-state index contributed by atoms with van der Waals surface area (Å²) in [6.45, 7) is 1.87. The Morgan fingerprint density at radius 2 is 1.52 bits per heavy atom. The van der Waals surface area contributed by atoms with Gasteiger partial charge < -0.3 is 0 Å². The number of imide groups is 1. The van der Waals surface area contributed by atoms with E-state index in [0.717, 1.165) is 0 Å². The molecule has 1 heterocycles. The van der Waals surface area contributed by atoms with Crippen LogP contribution in [-0.4, -0.2) is 37.7 Å². The van der Waals surface area contributed by atoms with Gasteiger partial charge in [-0.3, -0.25) is 0 Å². The number of carbonyl (C=O) groups excluding carboxylic acids is 2. The zero-order chi connectivity index (χ0) is 16.2. The molecule has 0 radical (unpaired) electrons. The van der Waals surface area contributed by atoms with Crippen molar-refractivity contribution < 1.29 is 9.59 Å². The van der Waals surface area contributed by atoms with E-state index in [4.69, 9.17) is 0 Å². The van der Waals surface area contributed by atoms with Gasteiger partial charge in [-0.05, 0) is 0 Å². The molecular weight excluding hydrogens is 353 g/mol. The van der Waals surface area contributed by atoms with Crippen LogP contribution in [0.3, 0.4) is 0 Å².